The van der Waals surface area contributed by atoms with Gasteiger partial charge in [0.05, 0.1) is 5.38 Å². The molecule has 0 bridgehead atoms. The van der Waals surface area contributed by atoms with Crippen LogP contribution in [0.2, 0.25) is 0 Å². The number of hydrogen-bond acceptors (Lipinski definition) is 1. The smallest absolute Gasteiger partial charge is 0.0712 e. The third-order valence-corrected chi connectivity index (χ3v) is 4.36. The molecule has 0 aromatic heterocycles. The molecule has 1 rings (SSSR count). The molecule has 1 nitrogen and oxygen atoms in total. The minimum absolute atomic E-state index is 0.100. The van der Waals surface area contributed by atoms with E-state index in [1.54, 1.807) is 0 Å². The van der Waals surface area contributed by atoms with E-state index in [0.717, 1.165) is 6.54 Å². The molecule has 0 aliphatic rings. The first-order chi connectivity index (χ1) is 9.58. The van der Waals surface area contributed by atoms with Crippen LogP contribution < -0.4 is 0 Å². The average Bonchev–Trinajstić information content (AvgIpc) is 2.44. The lowest BCUT2D eigenvalue weighted by molar-refractivity contribution is 0.265. The number of halogens is 1. The van der Waals surface area contributed by atoms with Gasteiger partial charge in [-0.15, -0.1) is 11.6 Å². The molecule has 1 aromatic carbocycles. The summed E-state index contributed by atoms with van der Waals surface area (Å²) >= 11 is 6.64. The molecule has 0 aliphatic carbocycles. The molecule has 114 valence electrons. The van der Waals surface area contributed by atoms with Crippen molar-refractivity contribution in [3.8, 4) is 0 Å². The van der Waals surface area contributed by atoms with E-state index in [1.165, 1.54) is 55.5 Å². The van der Waals surface area contributed by atoms with Crippen LogP contribution in [0.4, 0.5) is 0 Å². The second-order valence-corrected chi connectivity index (χ2v) is 6.35. The first-order valence-electron chi connectivity index (χ1n) is 8.02. The highest BCUT2D eigenvalue weighted by Crippen LogP contribution is 2.24. The van der Waals surface area contributed by atoms with Crippen molar-refractivity contribution in [3.63, 3.8) is 0 Å². The molecule has 0 aliphatic heterocycles. The van der Waals surface area contributed by atoms with Gasteiger partial charge in [-0.05, 0) is 56.5 Å². The molecule has 1 unspecified atom stereocenters. The number of hydrogen-bond donors (Lipinski definition) is 0. The van der Waals surface area contributed by atoms with Gasteiger partial charge in [0.25, 0.3) is 0 Å². The number of unbranched alkanes of at least 4 members (excludes halogenated alkanes) is 2. The molecule has 1 atom stereocenters. The Hall–Kier alpha value is -0.530. The van der Waals surface area contributed by atoms with Crippen molar-refractivity contribution in [2.75, 3.05) is 19.6 Å². The average molecular weight is 296 g/mol. The van der Waals surface area contributed by atoms with E-state index in [-0.39, 0.29) is 5.38 Å². The Bertz CT molecular complexity index is 381. The highest BCUT2D eigenvalue weighted by Gasteiger charge is 2.13. The van der Waals surface area contributed by atoms with Crippen LogP contribution in [0.5, 0.6) is 0 Å². The zero-order valence-electron chi connectivity index (χ0n) is 13.6. The van der Waals surface area contributed by atoms with Crippen LogP contribution in [0.15, 0.2) is 18.2 Å². The zero-order chi connectivity index (χ0) is 15.0. The van der Waals surface area contributed by atoms with Crippen LogP contribution in [0.25, 0.3) is 0 Å². The molecule has 1 aromatic rings. The molecule has 0 saturated carbocycles. The van der Waals surface area contributed by atoms with Crippen molar-refractivity contribution in [1.82, 2.24) is 4.90 Å². The summed E-state index contributed by atoms with van der Waals surface area (Å²) in [5, 5.41) is 0.100. The topological polar surface area (TPSA) is 3.24 Å². The molecule has 0 amide bonds. The van der Waals surface area contributed by atoms with Crippen molar-refractivity contribution in [2.24, 2.45) is 0 Å². The number of benzene rings is 1. The van der Waals surface area contributed by atoms with Crippen molar-refractivity contribution in [3.05, 3.63) is 34.9 Å². The van der Waals surface area contributed by atoms with Crippen LogP contribution in [0, 0.1) is 13.8 Å². The van der Waals surface area contributed by atoms with E-state index in [0.29, 0.717) is 0 Å². The largest absolute Gasteiger partial charge is 0.302 e. The Morgan fingerprint density at radius 2 is 1.60 bits per heavy atom. The summed E-state index contributed by atoms with van der Waals surface area (Å²) in [5.41, 5.74) is 3.93. The van der Waals surface area contributed by atoms with E-state index < -0.39 is 0 Å². The fraction of sp³-hybridized carbons (Fsp3) is 0.667. The lowest BCUT2D eigenvalue weighted by atomic mass is 10.0. The zero-order valence-corrected chi connectivity index (χ0v) is 14.3. The standard InChI is InChI=1S/C18H30ClN/c1-5-7-11-20(12-8-6-2)14-18(19)17-10-9-15(3)16(4)13-17/h9-10,13,18H,5-8,11-12,14H2,1-4H3. The maximum absolute atomic E-state index is 6.64. The first kappa shape index (κ1) is 17.5. The molecule has 0 spiro atoms. The van der Waals surface area contributed by atoms with Crippen molar-refractivity contribution in [2.45, 2.75) is 58.8 Å². The highest BCUT2D eigenvalue weighted by atomic mass is 35.5. The third-order valence-electron chi connectivity index (χ3n) is 3.97. The number of nitrogens with zero attached hydrogens (tertiary/aromatic N) is 1. The number of rotatable bonds is 9. The van der Waals surface area contributed by atoms with Gasteiger partial charge in [0.15, 0.2) is 0 Å². The predicted molar refractivity (Wildman–Crippen MR) is 90.8 cm³/mol. The third kappa shape index (κ3) is 5.85. The Labute approximate surface area is 130 Å². The maximum atomic E-state index is 6.64. The maximum Gasteiger partial charge on any atom is 0.0712 e. The molecule has 2 heteroatoms. The summed E-state index contributed by atoms with van der Waals surface area (Å²) < 4.78 is 0. The Morgan fingerprint density at radius 1 is 1.00 bits per heavy atom. The summed E-state index contributed by atoms with van der Waals surface area (Å²) in [5.74, 6) is 0. The summed E-state index contributed by atoms with van der Waals surface area (Å²) in [4.78, 5) is 2.53. The second-order valence-electron chi connectivity index (χ2n) is 5.82. The van der Waals surface area contributed by atoms with Crippen molar-refractivity contribution in [1.29, 1.82) is 0 Å². The SMILES string of the molecule is CCCCN(CCCC)CC(Cl)c1ccc(C)c(C)c1. The number of aryl methyl sites for hydroxylation is 2. The quantitative estimate of drug-likeness (QED) is 0.545. The molecular weight excluding hydrogens is 266 g/mol. The van der Waals surface area contributed by atoms with Gasteiger partial charge in [0, 0.05) is 6.54 Å². The van der Waals surface area contributed by atoms with Gasteiger partial charge >= 0.3 is 0 Å². The van der Waals surface area contributed by atoms with Gasteiger partial charge in [-0.2, -0.15) is 0 Å². The van der Waals surface area contributed by atoms with Gasteiger partial charge in [-0.3, -0.25) is 0 Å². The van der Waals surface area contributed by atoms with Gasteiger partial charge in [-0.25, -0.2) is 0 Å². The van der Waals surface area contributed by atoms with E-state index >= 15 is 0 Å². The lowest BCUT2D eigenvalue weighted by Crippen LogP contribution is -2.29. The van der Waals surface area contributed by atoms with Crippen LogP contribution in [-0.4, -0.2) is 24.5 Å². The Kier molecular flexibility index (Phi) is 8.25. The molecule has 0 fully saturated rings. The van der Waals surface area contributed by atoms with E-state index in [1.807, 2.05) is 0 Å². The normalized spacial score (nSPS) is 12.9. The molecule has 0 N–H and O–H groups in total. The summed E-state index contributed by atoms with van der Waals surface area (Å²) in [6.07, 6.45) is 5.03. The fourth-order valence-corrected chi connectivity index (χ4v) is 2.68. The van der Waals surface area contributed by atoms with Gasteiger partial charge in [0.2, 0.25) is 0 Å². The summed E-state index contributed by atoms with van der Waals surface area (Å²) in [7, 11) is 0. The van der Waals surface area contributed by atoms with Crippen LogP contribution in [0.1, 0.15) is 61.6 Å². The molecule has 0 radical (unpaired) electrons. The van der Waals surface area contributed by atoms with Gasteiger partial charge in [0.1, 0.15) is 0 Å². The van der Waals surface area contributed by atoms with Gasteiger partial charge < -0.3 is 4.90 Å². The lowest BCUT2D eigenvalue weighted by Gasteiger charge is -2.25. The molecule has 0 heterocycles. The van der Waals surface area contributed by atoms with Crippen LogP contribution >= 0.6 is 11.6 Å². The molecular formula is C18H30ClN. The monoisotopic (exact) mass is 295 g/mol. The van der Waals surface area contributed by atoms with E-state index in [4.69, 9.17) is 11.6 Å². The minimum Gasteiger partial charge on any atom is -0.302 e. The second kappa shape index (κ2) is 9.41. The van der Waals surface area contributed by atoms with Crippen LogP contribution in [-0.2, 0) is 0 Å². The summed E-state index contributed by atoms with van der Waals surface area (Å²) in [6, 6.07) is 6.60. The Balaban J connectivity index is 2.62. The summed E-state index contributed by atoms with van der Waals surface area (Å²) in [6.45, 7) is 12.1. The Morgan fingerprint density at radius 3 is 2.10 bits per heavy atom. The number of alkyl halides is 1. The van der Waals surface area contributed by atoms with E-state index in [2.05, 4.69) is 50.8 Å². The van der Waals surface area contributed by atoms with Crippen molar-refractivity contribution < 1.29 is 0 Å². The molecule has 20 heavy (non-hydrogen) atoms. The first-order valence-corrected chi connectivity index (χ1v) is 8.45. The van der Waals surface area contributed by atoms with E-state index in [9.17, 15) is 0 Å². The molecule has 0 saturated heterocycles. The predicted octanol–water partition coefficient (Wildman–Crippen LogP) is 5.49. The van der Waals surface area contributed by atoms with Crippen LogP contribution in [0.3, 0.4) is 0 Å². The van der Waals surface area contributed by atoms with Gasteiger partial charge in [-0.1, -0.05) is 44.9 Å². The minimum atomic E-state index is 0.100. The highest BCUT2D eigenvalue weighted by molar-refractivity contribution is 6.21. The fourth-order valence-electron chi connectivity index (χ4n) is 2.35. The van der Waals surface area contributed by atoms with Crippen molar-refractivity contribution >= 4 is 11.6 Å².